The molecule has 1 saturated heterocycles. The van der Waals surface area contributed by atoms with Crippen LogP contribution in [0.15, 0.2) is 59.3 Å². The molecule has 0 bridgehead atoms. The van der Waals surface area contributed by atoms with E-state index in [1.54, 1.807) is 36.7 Å². The fraction of sp³-hybridized carbons (Fsp3) is 0.263. The van der Waals surface area contributed by atoms with E-state index in [1.165, 1.54) is 6.26 Å². The average Bonchev–Trinajstić information content (AvgIpc) is 2.81. The summed E-state index contributed by atoms with van der Waals surface area (Å²) in [6.45, 7) is 3.74. The van der Waals surface area contributed by atoms with E-state index in [1.807, 2.05) is 26.0 Å². The normalized spacial score (nSPS) is 18.8. The van der Waals surface area contributed by atoms with Crippen LogP contribution in [0.3, 0.4) is 0 Å². The second kappa shape index (κ2) is 6.11. The van der Waals surface area contributed by atoms with Gasteiger partial charge in [0.15, 0.2) is 9.84 Å². The van der Waals surface area contributed by atoms with Gasteiger partial charge in [-0.2, -0.15) is 0 Å². The Morgan fingerprint density at radius 1 is 1.04 bits per heavy atom. The first kappa shape index (κ1) is 17.4. The maximum absolute atomic E-state index is 12.4. The van der Waals surface area contributed by atoms with Gasteiger partial charge in [-0.25, -0.2) is 13.2 Å². The molecule has 0 amide bonds. The maximum Gasteiger partial charge on any atom is 0.335 e. The number of ether oxygens (including phenoxy) is 1. The standard InChI is InChI=1S/C19H19NO4S/c1-19(2)12-16(18(21)24-19)17(14-8-10-20-11-9-14)13-4-6-15(7-5-13)25(3,22)23/h4-11H,12H2,1-3H3/b17-16-. The Balaban J connectivity index is 2.19. The van der Waals surface area contributed by atoms with E-state index in [0.29, 0.717) is 12.0 Å². The predicted molar refractivity (Wildman–Crippen MR) is 94.6 cm³/mol. The minimum atomic E-state index is -3.28. The Labute approximate surface area is 147 Å². The van der Waals surface area contributed by atoms with E-state index in [9.17, 15) is 13.2 Å². The van der Waals surface area contributed by atoms with Gasteiger partial charge in [0, 0.05) is 30.6 Å². The van der Waals surface area contributed by atoms with Crippen LogP contribution in [-0.4, -0.2) is 31.2 Å². The number of pyridine rings is 1. The Morgan fingerprint density at radius 3 is 2.08 bits per heavy atom. The first-order valence-electron chi connectivity index (χ1n) is 7.85. The van der Waals surface area contributed by atoms with Crippen molar-refractivity contribution < 1.29 is 17.9 Å². The summed E-state index contributed by atoms with van der Waals surface area (Å²) in [6, 6.07) is 10.2. The number of carbonyl (C=O) groups excluding carboxylic acids is 1. The molecule has 1 aliphatic rings. The summed E-state index contributed by atoms with van der Waals surface area (Å²) >= 11 is 0. The van der Waals surface area contributed by atoms with E-state index in [0.717, 1.165) is 16.7 Å². The Kier molecular flexibility index (Phi) is 4.24. The highest BCUT2D eigenvalue weighted by atomic mass is 32.2. The largest absolute Gasteiger partial charge is 0.456 e. The number of aromatic nitrogens is 1. The van der Waals surface area contributed by atoms with Crippen molar-refractivity contribution in [3.05, 3.63) is 65.5 Å². The molecule has 0 spiro atoms. The van der Waals surface area contributed by atoms with Crippen molar-refractivity contribution in [2.24, 2.45) is 0 Å². The minimum Gasteiger partial charge on any atom is -0.456 e. The van der Waals surface area contributed by atoms with Crippen LogP contribution in [0, 0.1) is 0 Å². The highest BCUT2D eigenvalue weighted by Crippen LogP contribution is 2.38. The zero-order chi connectivity index (χ0) is 18.2. The van der Waals surface area contributed by atoms with Gasteiger partial charge in [-0.1, -0.05) is 12.1 Å². The van der Waals surface area contributed by atoms with Crippen LogP contribution in [0.5, 0.6) is 0 Å². The number of esters is 1. The molecule has 25 heavy (non-hydrogen) atoms. The lowest BCUT2D eigenvalue weighted by molar-refractivity contribution is -0.143. The first-order chi connectivity index (χ1) is 11.7. The van der Waals surface area contributed by atoms with Crippen molar-refractivity contribution in [3.8, 4) is 0 Å². The zero-order valence-corrected chi connectivity index (χ0v) is 15.1. The third-order valence-electron chi connectivity index (χ3n) is 4.06. The number of carbonyl (C=O) groups is 1. The molecule has 0 N–H and O–H groups in total. The van der Waals surface area contributed by atoms with Gasteiger partial charge in [-0.3, -0.25) is 4.98 Å². The number of nitrogens with zero attached hydrogens (tertiary/aromatic N) is 1. The molecule has 0 saturated carbocycles. The summed E-state index contributed by atoms with van der Waals surface area (Å²) in [6.07, 6.45) is 4.97. The second-order valence-corrected chi connectivity index (χ2v) is 8.73. The van der Waals surface area contributed by atoms with Crippen LogP contribution in [0.1, 0.15) is 31.4 Å². The lowest BCUT2D eigenvalue weighted by atomic mass is 9.90. The van der Waals surface area contributed by atoms with Gasteiger partial charge < -0.3 is 4.74 Å². The molecule has 1 aliphatic heterocycles. The number of rotatable bonds is 3. The summed E-state index contributed by atoms with van der Waals surface area (Å²) in [5, 5.41) is 0. The SMILES string of the molecule is CC1(C)C/C(=C(/c2ccncc2)c2ccc(S(C)(=O)=O)cc2)C(=O)O1. The molecule has 1 fully saturated rings. The lowest BCUT2D eigenvalue weighted by Gasteiger charge is -2.14. The average molecular weight is 357 g/mol. The van der Waals surface area contributed by atoms with Crippen molar-refractivity contribution in [1.82, 2.24) is 4.98 Å². The van der Waals surface area contributed by atoms with Crippen LogP contribution in [0.25, 0.3) is 5.57 Å². The number of sulfone groups is 1. The van der Waals surface area contributed by atoms with Crippen LogP contribution < -0.4 is 0 Å². The molecule has 0 radical (unpaired) electrons. The van der Waals surface area contributed by atoms with Gasteiger partial charge in [-0.15, -0.1) is 0 Å². The van der Waals surface area contributed by atoms with Crippen molar-refractivity contribution in [2.45, 2.75) is 30.8 Å². The Hall–Kier alpha value is -2.47. The number of benzene rings is 1. The second-order valence-electron chi connectivity index (χ2n) is 6.71. The molecule has 1 aromatic carbocycles. The summed E-state index contributed by atoms with van der Waals surface area (Å²) in [5.41, 5.74) is 2.38. The van der Waals surface area contributed by atoms with Gasteiger partial charge >= 0.3 is 5.97 Å². The molecule has 6 heteroatoms. The van der Waals surface area contributed by atoms with Gasteiger partial charge in [0.05, 0.1) is 4.90 Å². The highest BCUT2D eigenvalue weighted by Gasteiger charge is 2.37. The third kappa shape index (κ3) is 3.64. The summed E-state index contributed by atoms with van der Waals surface area (Å²) in [7, 11) is -3.28. The molecular formula is C19H19NO4S. The van der Waals surface area contributed by atoms with Crippen molar-refractivity contribution in [2.75, 3.05) is 6.26 Å². The van der Waals surface area contributed by atoms with Crippen LogP contribution in [0.4, 0.5) is 0 Å². The fourth-order valence-electron chi connectivity index (χ4n) is 2.94. The van der Waals surface area contributed by atoms with Gasteiger partial charge in [-0.05, 0) is 54.8 Å². The molecule has 2 heterocycles. The van der Waals surface area contributed by atoms with Gasteiger partial charge in [0.2, 0.25) is 0 Å². The molecule has 1 aromatic heterocycles. The lowest BCUT2D eigenvalue weighted by Crippen LogP contribution is -2.17. The van der Waals surface area contributed by atoms with Crippen molar-refractivity contribution >= 4 is 21.4 Å². The van der Waals surface area contributed by atoms with Crippen LogP contribution in [0.2, 0.25) is 0 Å². The van der Waals surface area contributed by atoms with Gasteiger partial charge in [0.25, 0.3) is 0 Å². The molecule has 130 valence electrons. The van der Waals surface area contributed by atoms with Crippen molar-refractivity contribution in [1.29, 1.82) is 0 Å². The summed E-state index contributed by atoms with van der Waals surface area (Å²) in [5.74, 6) is -0.344. The zero-order valence-electron chi connectivity index (χ0n) is 14.3. The van der Waals surface area contributed by atoms with E-state index in [2.05, 4.69) is 4.98 Å². The number of hydrogen-bond acceptors (Lipinski definition) is 5. The van der Waals surface area contributed by atoms with E-state index in [4.69, 9.17) is 4.74 Å². The molecular weight excluding hydrogens is 338 g/mol. The van der Waals surface area contributed by atoms with Crippen LogP contribution >= 0.6 is 0 Å². The maximum atomic E-state index is 12.4. The van der Waals surface area contributed by atoms with Crippen molar-refractivity contribution in [3.63, 3.8) is 0 Å². The Bertz CT molecular complexity index is 943. The monoisotopic (exact) mass is 357 g/mol. The first-order valence-corrected chi connectivity index (χ1v) is 9.74. The predicted octanol–water partition coefficient (Wildman–Crippen LogP) is 3.01. The minimum absolute atomic E-state index is 0.240. The Morgan fingerprint density at radius 2 is 1.60 bits per heavy atom. The van der Waals surface area contributed by atoms with E-state index >= 15 is 0 Å². The topological polar surface area (TPSA) is 73.3 Å². The summed E-state index contributed by atoms with van der Waals surface area (Å²) < 4.78 is 28.8. The van der Waals surface area contributed by atoms with E-state index in [-0.39, 0.29) is 10.9 Å². The van der Waals surface area contributed by atoms with Crippen LogP contribution in [-0.2, 0) is 19.4 Å². The molecule has 5 nitrogen and oxygen atoms in total. The molecule has 0 aliphatic carbocycles. The number of cyclic esters (lactones) is 1. The molecule has 0 atom stereocenters. The quantitative estimate of drug-likeness (QED) is 0.624. The van der Waals surface area contributed by atoms with Gasteiger partial charge in [0.1, 0.15) is 5.60 Å². The smallest absolute Gasteiger partial charge is 0.335 e. The summed E-state index contributed by atoms with van der Waals surface area (Å²) in [4.78, 5) is 16.7. The van der Waals surface area contributed by atoms with E-state index < -0.39 is 15.4 Å². The fourth-order valence-corrected chi connectivity index (χ4v) is 3.57. The third-order valence-corrected chi connectivity index (χ3v) is 5.19. The molecule has 0 unspecified atom stereocenters. The molecule has 2 aromatic rings. The highest BCUT2D eigenvalue weighted by molar-refractivity contribution is 7.90. The number of hydrogen-bond donors (Lipinski definition) is 0. The molecule has 3 rings (SSSR count).